The molecule has 2 heterocycles. The van der Waals surface area contributed by atoms with Crippen LogP contribution in [-0.2, 0) is 11.3 Å². The summed E-state index contributed by atoms with van der Waals surface area (Å²) in [6, 6.07) is 7.81. The van der Waals surface area contributed by atoms with Crippen molar-refractivity contribution < 1.29 is 14.3 Å². The molecule has 1 spiro atoms. The Labute approximate surface area is 143 Å². The van der Waals surface area contributed by atoms with Gasteiger partial charge in [-0.1, -0.05) is 12.1 Å². The van der Waals surface area contributed by atoms with Gasteiger partial charge in [-0.3, -0.25) is 4.79 Å². The zero-order valence-corrected chi connectivity index (χ0v) is 14.6. The Bertz CT molecular complexity index is 646. The lowest BCUT2D eigenvalue weighted by Crippen LogP contribution is -2.41. The van der Waals surface area contributed by atoms with Crippen LogP contribution in [0.2, 0.25) is 0 Å². The number of hydrogen-bond acceptors (Lipinski definition) is 3. The summed E-state index contributed by atoms with van der Waals surface area (Å²) >= 11 is 0. The van der Waals surface area contributed by atoms with E-state index in [-0.39, 0.29) is 17.4 Å². The van der Waals surface area contributed by atoms with E-state index in [1.54, 1.807) is 31.0 Å². The van der Waals surface area contributed by atoms with Gasteiger partial charge in [0.1, 0.15) is 5.75 Å². The highest BCUT2D eigenvalue weighted by Crippen LogP contribution is 2.41. The molecule has 2 fully saturated rings. The Morgan fingerprint density at radius 2 is 2.04 bits per heavy atom. The van der Waals surface area contributed by atoms with Gasteiger partial charge in [-0.05, 0) is 30.5 Å². The molecule has 1 aromatic carbocycles. The molecule has 24 heavy (non-hydrogen) atoms. The van der Waals surface area contributed by atoms with Crippen molar-refractivity contribution in [1.82, 2.24) is 14.7 Å². The zero-order valence-electron chi connectivity index (χ0n) is 14.6. The van der Waals surface area contributed by atoms with Crippen molar-refractivity contribution >= 4 is 11.9 Å². The van der Waals surface area contributed by atoms with Crippen molar-refractivity contribution in [2.24, 2.45) is 5.41 Å². The fraction of sp³-hybridized carbons (Fsp3) is 0.556. The standard InChI is InChI=1S/C18H25N3O3/c1-19(2)17(23)21-10-8-18(13-21)7-9-20(16(18)22)12-14-5-4-6-15(11-14)24-3/h4-6,11H,7-10,12-13H2,1-3H3. The smallest absolute Gasteiger partial charge is 0.319 e. The predicted molar refractivity (Wildman–Crippen MR) is 90.7 cm³/mol. The fourth-order valence-corrected chi connectivity index (χ4v) is 3.73. The minimum atomic E-state index is -0.384. The molecule has 0 radical (unpaired) electrons. The van der Waals surface area contributed by atoms with Gasteiger partial charge in [0.15, 0.2) is 0 Å². The van der Waals surface area contributed by atoms with E-state index in [1.807, 2.05) is 29.2 Å². The van der Waals surface area contributed by atoms with E-state index in [9.17, 15) is 9.59 Å². The fourth-order valence-electron chi connectivity index (χ4n) is 3.73. The van der Waals surface area contributed by atoms with Gasteiger partial charge in [0, 0.05) is 40.3 Å². The highest BCUT2D eigenvalue weighted by atomic mass is 16.5. The number of benzene rings is 1. The molecule has 130 valence electrons. The van der Waals surface area contributed by atoms with Crippen molar-refractivity contribution in [2.75, 3.05) is 40.8 Å². The Kier molecular flexibility index (Phi) is 4.39. The molecule has 0 saturated carbocycles. The Morgan fingerprint density at radius 1 is 1.29 bits per heavy atom. The number of rotatable bonds is 3. The normalized spacial score (nSPS) is 23.2. The number of carbonyl (C=O) groups excluding carboxylic acids is 2. The lowest BCUT2D eigenvalue weighted by Gasteiger charge is -2.25. The topological polar surface area (TPSA) is 53.1 Å². The van der Waals surface area contributed by atoms with Crippen molar-refractivity contribution in [3.05, 3.63) is 29.8 Å². The third-order valence-electron chi connectivity index (χ3n) is 5.12. The van der Waals surface area contributed by atoms with E-state index in [4.69, 9.17) is 4.74 Å². The van der Waals surface area contributed by atoms with Gasteiger partial charge >= 0.3 is 6.03 Å². The molecule has 2 saturated heterocycles. The molecule has 2 aliphatic rings. The van der Waals surface area contributed by atoms with Gasteiger partial charge in [0.05, 0.1) is 12.5 Å². The highest BCUT2D eigenvalue weighted by molar-refractivity contribution is 5.87. The van der Waals surface area contributed by atoms with Crippen LogP contribution >= 0.6 is 0 Å². The molecule has 0 aliphatic carbocycles. The van der Waals surface area contributed by atoms with Crippen LogP contribution in [0, 0.1) is 5.41 Å². The summed E-state index contributed by atoms with van der Waals surface area (Å²) in [5.74, 6) is 0.983. The van der Waals surface area contributed by atoms with Crippen LogP contribution in [-0.4, -0.2) is 67.5 Å². The number of methoxy groups -OCH3 is 1. The molecule has 0 N–H and O–H groups in total. The lowest BCUT2D eigenvalue weighted by atomic mass is 9.85. The van der Waals surface area contributed by atoms with Gasteiger partial charge in [0.2, 0.25) is 5.91 Å². The average molecular weight is 331 g/mol. The molecule has 0 bridgehead atoms. The number of ether oxygens (including phenoxy) is 1. The summed E-state index contributed by atoms with van der Waals surface area (Å²) in [6.07, 6.45) is 1.59. The molecule has 1 unspecified atom stereocenters. The second-order valence-corrected chi connectivity index (χ2v) is 6.96. The van der Waals surface area contributed by atoms with E-state index in [1.165, 1.54) is 0 Å². The summed E-state index contributed by atoms with van der Waals surface area (Å²) in [5, 5.41) is 0. The first kappa shape index (κ1) is 16.6. The average Bonchev–Trinajstić information content (AvgIpc) is 3.14. The maximum Gasteiger partial charge on any atom is 0.319 e. The van der Waals surface area contributed by atoms with Crippen molar-refractivity contribution in [2.45, 2.75) is 19.4 Å². The van der Waals surface area contributed by atoms with Crippen LogP contribution in [0.1, 0.15) is 18.4 Å². The zero-order chi connectivity index (χ0) is 17.3. The van der Waals surface area contributed by atoms with E-state index >= 15 is 0 Å². The minimum Gasteiger partial charge on any atom is -0.497 e. The minimum absolute atomic E-state index is 0.00841. The van der Waals surface area contributed by atoms with Crippen LogP contribution < -0.4 is 4.74 Å². The van der Waals surface area contributed by atoms with Crippen LogP contribution in [0.4, 0.5) is 4.79 Å². The number of carbonyl (C=O) groups is 2. The van der Waals surface area contributed by atoms with E-state index in [2.05, 4.69) is 0 Å². The molecular formula is C18H25N3O3. The number of urea groups is 1. The number of likely N-dealkylation sites (tertiary alicyclic amines) is 2. The molecule has 3 amide bonds. The molecule has 0 aromatic heterocycles. The van der Waals surface area contributed by atoms with Gasteiger partial charge in [-0.25, -0.2) is 4.79 Å². The Hall–Kier alpha value is -2.24. The van der Waals surface area contributed by atoms with Gasteiger partial charge < -0.3 is 19.4 Å². The summed E-state index contributed by atoms with van der Waals surface area (Å²) < 4.78 is 5.25. The van der Waals surface area contributed by atoms with Crippen LogP contribution in [0.15, 0.2) is 24.3 Å². The van der Waals surface area contributed by atoms with E-state index in [0.717, 1.165) is 30.7 Å². The van der Waals surface area contributed by atoms with Crippen molar-refractivity contribution in [3.63, 3.8) is 0 Å². The summed E-state index contributed by atoms with van der Waals surface area (Å²) in [5.41, 5.74) is 0.684. The van der Waals surface area contributed by atoms with Crippen LogP contribution in [0.3, 0.4) is 0 Å². The van der Waals surface area contributed by atoms with Crippen molar-refractivity contribution in [1.29, 1.82) is 0 Å². The maximum atomic E-state index is 13.0. The molecule has 6 heteroatoms. The third kappa shape index (κ3) is 2.92. The van der Waals surface area contributed by atoms with Gasteiger partial charge in [-0.2, -0.15) is 0 Å². The Morgan fingerprint density at radius 3 is 2.75 bits per heavy atom. The number of hydrogen-bond donors (Lipinski definition) is 0. The first-order chi connectivity index (χ1) is 11.4. The first-order valence-electron chi connectivity index (χ1n) is 8.34. The molecule has 1 aromatic rings. The SMILES string of the molecule is COc1cccc(CN2CCC3(CCN(C(=O)N(C)C)C3)C2=O)c1. The highest BCUT2D eigenvalue weighted by Gasteiger charge is 2.51. The lowest BCUT2D eigenvalue weighted by molar-refractivity contribution is -0.135. The molecule has 1 atom stereocenters. The largest absolute Gasteiger partial charge is 0.497 e. The quantitative estimate of drug-likeness (QED) is 0.849. The third-order valence-corrected chi connectivity index (χ3v) is 5.12. The second kappa shape index (κ2) is 6.34. The maximum absolute atomic E-state index is 13.0. The predicted octanol–water partition coefficient (Wildman–Crippen LogP) is 1.80. The van der Waals surface area contributed by atoms with Crippen molar-refractivity contribution in [3.8, 4) is 5.75 Å². The van der Waals surface area contributed by atoms with Gasteiger partial charge in [-0.15, -0.1) is 0 Å². The number of amides is 3. The van der Waals surface area contributed by atoms with Crippen LogP contribution in [0.25, 0.3) is 0 Å². The van der Waals surface area contributed by atoms with Crippen LogP contribution in [0.5, 0.6) is 5.75 Å². The molecule has 3 rings (SSSR count). The second-order valence-electron chi connectivity index (χ2n) is 6.96. The summed E-state index contributed by atoms with van der Waals surface area (Å²) in [6.45, 7) is 2.55. The molecular weight excluding hydrogens is 306 g/mol. The Balaban J connectivity index is 1.68. The molecule has 6 nitrogen and oxygen atoms in total. The number of nitrogens with zero attached hydrogens (tertiary/aromatic N) is 3. The van der Waals surface area contributed by atoms with Gasteiger partial charge in [0.25, 0.3) is 0 Å². The van der Waals surface area contributed by atoms with E-state index < -0.39 is 0 Å². The van der Waals surface area contributed by atoms with E-state index in [0.29, 0.717) is 19.6 Å². The first-order valence-corrected chi connectivity index (χ1v) is 8.34. The monoisotopic (exact) mass is 331 g/mol. The summed E-state index contributed by atoms with van der Waals surface area (Å²) in [7, 11) is 5.14. The molecule has 2 aliphatic heterocycles. The summed E-state index contributed by atoms with van der Waals surface area (Å²) in [4.78, 5) is 30.4.